The molecule has 0 saturated carbocycles. The van der Waals surface area contributed by atoms with Gasteiger partial charge in [0.2, 0.25) is 5.91 Å². The maximum atomic E-state index is 12.2. The van der Waals surface area contributed by atoms with E-state index in [4.69, 9.17) is 11.6 Å². The summed E-state index contributed by atoms with van der Waals surface area (Å²) in [6.45, 7) is 1.59. The SMILES string of the molecule is O=C(CN1CCC(O)(c2cccnc2)CC1)Nc1ccccc1Cl. The van der Waals surface area contributed by atoms with Gasteiger partial charge in [-0.3, -0.25) is 14.7 Å². The predicted molar refractivity (Wildman–Crippen MR) is 93.9 cm³/mol. The van der Waals surface area contributed by atoms with Crippen molar-refractivity contribution in [3.63, 3.8) is 0 Å². The van der Waals surface area contributed by atoms with Crippen LogP contribution in [0.3, 0.4) is 0 Å². The van der Waals surface area contributed by atoms with Crippen LogP contribution in [0, 0.1) is 0 Å². The number of pyridine rings is 1. The number of carbonyl (C=O) groups excluding carboxylic acids is 1. The first-order valence-corrected chi connectivity index (χ1v) is 8.34. The molecule has 1 aromatic carbocycles. The van der Waals surface area contributed by atoms with Crippen LogP contribution in [0.5, 0.6) is 0 Å². The highest BCUT2D eigenvalue weighted by Crippen LogP contribution is 2.32. The Bertz CT molecular complexity index is 700. The van der Waals surface area contributed by atoms with E-state index in [0.29, 0.717) is 36.6 Å². The molecule has 0 aliphatic carbocycles. The summed E-state index contributed by atoms with van der Waals surface area (Å²) in [5.41, 5.74) is 0.600. The van der Waals surface area contributed by atoms with Gasteiger partial charge >= 0.3 is 0 Å². The lowest BCUT2D eigenvalue weighted by atomic mass is 9.85. The second-order valence-corrected chi connectivity index (χ2v) is 6.48. The molecular weight excluding hydrogens is 326 g/mol. The van der Waals surface area contributed by atoms with Gasteiger partial charge < -0.3 is 10.4 Å². The lowest BCUT2D eigenvalue weighted by Gasteiger charge is -2.38. The Morgan fingerprint density at radius 1 is 1.25 bits per heavy atom. The summed E-state index contributed by atoms with van der Waals surface area (Å²) in [4.78, 5) is 18.3. The predicted octanol–water partition coefficient (Wildman–Crippen LogP) is 2.66. The summed E-state index contributed by atoms with van der Waals surface area (Å²) < 4.78 is 0. The molecule has 2 aromatic rings. The molecule has 1 aliphatic rings. The average molecular weight is 346 g/mol. The number of halogens is 1. The first kappa shape index (κ1) is 16.9. The standard InChI is InChI=1S/C18H20ClN3O2/c19-15-5-1-2-6-16(15)21-17(23)13-22-10-7-18(24,8-11-22)14-4-3-9-20-12-14/h1-6,9,12,24H,7-8,10-11,13H2,(H,21,23). The van der Waals surface area contributed by atoms with Crippen LogP contribution in [-0.4, -0.2) is 40.5 Å². The van der Waals surface area contributed by atoms with Gasteiger partial charge in [-0.1, -0.05) is 29.8 Å². The Labute approximate surface area is 146 Å². The molecule has 6 heteroatoms. The van der Waals surface area contributed by atoms with Crippen molar-refractivity contribution >= 4 is 23.2 Å². The van der Waals surface area contributed by atoms with Crippen molar-refractivity contribution < 1.29 is 9.90 Å². The number of carbonyl (C=O) groups is 1. The van der Waals surface area contributed by atoms with Gasteiger partial charge in [0.15, 0.2) is 0 Å². The van der Waals surface area contributed by atoms with Crippen LogP contribution in [-0.2, 0) is 10.4 Å². The molecule has 1 fully saturated rings. The van der Waals surface area contributed by atoms with E-state index in [-0.39, 0.29) is 12.5 Å². The topological polar surface area (TPSA) is 65.5 Å². The first-order valence-electron chi connectivity index (χ1n) is 7.96. The lowest BCUT2D eigenvalue weighted by molar-refractivity contribution is -0.118. The third kappa shape index (κ3) is 3.93. The second-order valence-electron chi connectivity index (χ2n) is 6.08. The zero-order valence-corrected chi connectivity index (χ0v) is 14.0. The normalized spacial score (nSPS) is 17.4. The van der Waals surface area contributed by atoms with Gasteiger partial charge in [-0.25, -0.2) is 0 Å². The van der Waals surface area contributed by atoms with E-state index in [2.05, 4.69) is 10.3 Å². The molecule has 0 bridgehead atoms. The fourth-order valence-corrected chi connectivity index (χ4v) is 3.15. The highest BCUT2D eigenvalue weighted by molar-refractivity contribution is 6.33. The zero-order chi connectivity index (χ0) is 17.0. The number of likely N-dealkylation sites (tertiary alicyclic amines) is 1. The van der Waals surface area contributed by atoms with Crippen molar-refractivity contribution in [2.75, 3.05) is 25.0 Å². The van der Waals surface area contributed by atoms with Crippen molar-refractivity contribution in [3.8, 4) is 0 Å². The molecule has 0 radical (unpaired) electrons. The maximum absolute atomic E-state index is 12.2. The summed E-state index contributed by atoms with van der Waals surface area (Å²) in [5.74, 6) is -0.102. The molecule has 2 N–H and O–H groups in total. The van der Waals surface area contributed by atoms with Crippen LogP contribution in [0.4, 0.5) is 5.69 Å². The second kappa shape index (κ2) is 7.30. The molecule has 0 spiro atoms. The number of amides is 1. The summed E-state index contributed by atoms with van der Waals surface area (Å²) in [6.07, 6.45) is 4.57. The van der Waals surface area contributed by atoms with Crippen LogP contribution < -0.4 is 5.32 Å². The fourth-order valence-electron chi connectivity index (χ4n) is 2.96. The molecule has 2 heterocycles. The minimum Gasteiger partial charge on any atom is -0.385 e. The molecule has 1 amide bonds. The summed E-state index contributed by atoms with van der Waals surface area (Å²) in [5, 5.41) is 14.1. The fraction of sp³-hybridized carbons (Fsp3) is 0.333. The van der Waals surface area contributed by atoms with E-state index < -0.39 is 5.60 Å². The summed E-state index contributed by atoms with van der Waals surface area (Å²) in [7, 11) is 0. The Hall–Kier alpha value is -1.95. The minimum absolute atomic E-state index is 0.102. The van der Waals surface area contributed by atoms with Crippen LogP contribution in [0.15, 0.2) is 48.8 Å². The molecule has 1 saturated heterocycles. The third-order valence-corrected chi connectivity index (χ3v) is 4.73. The van der Waals surface area contributed by atoms with Gasteiger partial charge in [0, 0.05) is 31.0 Å². The molecule has 5 nitrogen and oxygen atoms in total. The van der Waals surface area contributed by atoms with E-state index in [1.54, 1.807) is 24.5 Å². The number of aliphatic hydroxyl groups is 1. The van der Waals surface area contributed by atoms with Crippen LogP contribution >= 0.6 is 11.6 Å². The third-order valence-electron chi connectivity index (χ3n) is 4.40. The van der Waals surface area contributed by atoms with Crippen molar-refractivity contribution in [3.05, 3.63) is 59.4 Å². The number of hydrogen-bond acceptors (Lipinski definition) is 4. The number of nitrogens with one attached hydrogen (secondary N) is 1. The minimum atomic E-state index is -0.857. The zero-order valence-electron chi connectivity index (χ0n) is 13.3. The van der Waals surface area contributed by atoms with Gasteiger partial charge in [0.25, 0.3) is 0 Å². The number of para-hydroxylation sites is 1. The Kier molecular flexibility index (Phi) is 5.14. The molecular formula is C18H20ClN3O2. The average Bonchev–Trinajstić information content (AvgIpc) is 2.60. The Balaban J connectivity index is 1.54. The van der Waals surface area contributed by atoms with E-state index in [0.717, 1.165) is 5.56 Å². The summed E-state index contributed by atoms with van der Waals surface area (Å²) >= 11 is 6.05. The number of hydrogen-bond donors (Lipinski definition) is 2. The number of anilines is 1. The molecule has 3 rings (SSSR count). The van der Waals surface area contributed by atoms with Gasteiger partial charge in [-0.15, -0.1) is 0 Å². The number of nitrogens with zero attached hydrogens (tertiary/aromatic N) is 2. The lowest BCUT2D eigenvalue weighted by Crippen LogP contribution is -2.45. The monoisotopic (exact) mass is 345 g/mol. The van der Waals surface area contributed by atoms with E-state index in [1.807, 2.05) is 29.2 Å². The largest absolute Gasteiger partial charge is 0.385 e. The van der Waals surface area contributed by atoms with Crippen molar-refractivity contribution in [2.45, 2.75) is 18.4 Å². The van der Waals surface area contributed by atoms with E-state index in [9.17, 15) is 9.90 Å². The first-order chi connectivity index (χ1) is 11.6. The number of piperidine rings is 1. The van der Waals surface area contributed by atoms with Crippen molar-refractivity contribution in [1.29, 1.82) is 0 Å². The highest BCUT2D eigenvalue weighted by Gasteiger charge is 2.34. The van der Waals surface area contributed by atoms with E-state index in [1.165, 1.54) is 0 Å². The summed E-state index contributed by atoms with van der Waals surface area (Å²) in [6, 6.07) is 10.9. The van der Waals surface area contributed by atoms with Gasteiger partial charge in [-0.2, -0.15) is 0 Å². The van der Waals surface area contributed by atoms with Crippen molar-refractivity contribution in [2.24, 2.45) is 0 Å². The Morgan fingerprint density at radius 3 is 2.67 bits per heavy atom. The van der Waals surface area contributed by atoms with Gasteiger partial charge in [-0.05, 0) is 31.0 Å². The number of rotatable bonds is 4. The molecule has 0 atom stereocenters. The van der Waals surface area contributed by atoms with Crippen LogP contribution in [0.25, 0.3) is 0 Å². The molecule has 126 valence electrons. The van der Waals surface area contributed by atoms with Gasteiger partial charge in [0.05, 0.1) is 22.9 Å². The molecule has 1 aromatic heterocycles. The molecule has 0 unspecified atom stereocenters. The highest BCUT2D eigenvalue weighted by atomic mass is 35.5. The van der Waals surface area contributed by atoms with Crippen LogP contribution in [0.2, 0.25) is 5.02 Å². The maximum Gasteiger partial charge on any atom is 0.238 e. The van der Waals surface area contributed by atoms with Crippen LogP contribution in [0.1, 0.15) is 18.4 Å². The van der Waals surface area contributed by atoms with Gasteiger partial charge in [0.1, 0.15) is 0 Å². The Morgan fingerprint density at radius 2 is 2.00 bits per heavy atom. The van der Waals surface area contributed by atoms with E-state index >= 15 is 0 Å². The smallest absolute Gasteiger partial charge is 0.238 e. The van der Waals surface area contributed by atoms with Crippen molar-refractivity contribution in [1.82, 2.24) is 9.88 Å². The number of benzene rings is 1. The number of aromatic nitrogens is 1. The molecule has 1 aliphatic heterocycles. The quantitative estimate of drug-likeness (QED) is 0.894. The molecule has 24 heavy (non-hydrogen) atoms.